The van der Waals surface area contributed by atoms with Gasteiger partial charge in [-0.1, -0.05) is 38.2 Å². The smallest absolute Gasteiger partial charge is 0.232 e. The largest absolute Gasteiger partial charge is 0.492 e. The van der Waals surface area contributed by atoms with Crippen molar-refractivity contribution in [3.05, 3.63) is 29.8 Å². The van der Waals surface area contributed by atoms with Crippen LogP contribution in [0.2, 0.25) is 0 Å². The molecule has 1 aromatic rings. The average Bonchev–Trinajstić information content (AvgIpc) is 2.65. The molecule has 0 aromatic heterocycles. The molecule has 1 fully saturated rings. The highest BCUT2D eigenvalue weighted by Crippen LogP contribution is 2.25. The first-order valence-electron chi connectivity index (χ1n) is 6.79. The third-order valence-electron chi connectivity index (χ3n) is 3.76. The van der Waals surface area contributed by atoms with Gasteiger partial charge in [0.2, 0.25) is 11.8 Å². The Bertz CT molecular complexity index is 568. The molecule has 1 heterocycles. The quantitative estimate of drug-likeness (QED) is 0.656. The van der Waals surface area contributed by atoms with Crippen molar-refractivity contribution in [1.82, 2.24) is 4.90 Å². The van der Waals surface area contributed by atoms with Crippen molar-refractivity contribution in [3.63, 3.8) is 0 Å². The second kappa shape index (κ2) is 6.22. The Kier molecular flexibility index (Phi) is 4.57. The predicted molar refractivity (Wildman–Crippen MR) is 82.9 cm³/mol. The molecule has 1 aliphatic heterocycles. The Morgan fingerprint density at radius 3 is 2.48 bits per heavy atom. The van der Waals surface area contributed by atoms with Gasteiger partial charge in [-0.15, -0.1) is 0 Å². The second-order valence-electron chi connectivity index (χ2n) is 5.15. The zero-order valence-electron chi connectivity index (χ0n) is 12.0. The van der Waals surface area contributed by atoms with Gasteiger partial charge in [0.05, 0.1) is 6.54 Å². The van der Waals surface area contributed by atoms with Gasteiger partial charge in [0.25, 0.3) is 0 Å². The van der Waals surface area contributed by atoms with Crippen LogP contribution in [0.3, 0.4) is 0 Å². The van der Waals surface area contributed by atoms with Crippen molar-refractivity contribution in [1.29, 1.82) is 0 Å². The number of nitrogens with two attached hydrogens (primary N) is 1. The zero-order chi connectivity index (χ0) is 15.6. The molecule has 5 nitrogen and oxygen atoms in total. The number of nitrogens with zero attached hydrogens (tertiary/aromatic N) is 1. The molecule has 1 saturated heterocycles. The van der Waals surface area contributed by atoms with E-state index >= 15 is 0 Å². The number of thiocarbonyl (C=S) groups is 1. The van der Waals surface area contributed by atoms with Crippen LogP contribution in [0.4, 0.5) is 0 Å². The summed E-state index contributed by atoms with van der Waals surface area (Å²) in [7, 11) is 0. The summed E-state index contributed by atoms with van der Waals surface area (Å²) in [4.78, 5) is 25.4. The molecule has 0 radical (unpaired) electrons. The van der Waals surface area contributed by atoms with Crippen molar-refractivity contribution in [3.8, 4) is 5.75 Å². The molecule has 0 aliphatic carbocycles. The first kappa shape index (κ1) is 15.4. The number of ether oxygens (including phenoxy) is 1. The molecule has 2 amide bonds. The van der Waals surface area contributed by atoms with Gasteiger partial charge in [-0.3, -0.25) is 14.5 Å². The molecule has 0 bridgehead atoms. The summed E-state index contributed by atoms with van der Waals surface area (Å²) in [5.41, 5.74) is 6.28. The summed E-state index contributed by atoms with van der Waals surface area (Å²) in [6, 6.07) is 7.11. The number of carbonyl (C=O) groups is 2. The number of carbonyl (C=O) groups excluding carboxylic acids is 2. The van der Waals surface area contributed by atoms with Crippen LogP contribution >= 0.6 is 12.2 Å². The van der Waals surface area contributed by atoms with Gasteiger partial charge >= 0.3 is 0 Å². The molecule has 2 atom stereocenters. The monoisotopic (exact) mass is 306 g/mol. The minimum absolute atomic E-state index is 0.131. The second-order valence-corrected chi connectivity index (χ2v) is 5.59. The zero-order valence-corrected chi connectivity index (χ0v) is 12.9. The fourth-order valence-corrected chi connectivity index (χ4v) is 2.37. The first-order valence-corrected chi connectivity index (χ1v) is 7.20. The van der Waals surface area contributed by atoms with Crippen LogP contribution in [-0.2, 0) is 9.59 Å². The summed E-state index contributed by atoms with van der Waals surface area (Å²) in [5.74, 6) is -0.160. The number of imide groups is 1. The van der Waals surface area contributed by atoms with E-state index in [4.69, 9.17) is 22.7 Å². The highest BCUT2D eigenvalue weighted by Gasteiger charge is 2.41. The highest BCUT2D eigenvalue weighted by molar-refractivity contribution is 7.80. The van der Waals surface area contributed by atoms with Crippen LogP contribution in [-0.4, -0.2) is 34.9 Å². The maximum Gasteiger partial charge on any atom is 0.232 e. The van der Waals surface area contributed by atoms with E-state index in [1.54, 1.807) is 38.1 Å². The highest BCUT2D eigenvalue weighted by atomic mass is 32.1. The molecule has 6 heteroatoms. The number of hydrogen-bond donors (Lipinski definition) is 1. The van der Waals surface area contributed by atoms with Crippen LogP contribution in [0.25, 0.3) is 0 Å². The van der Waals surface area contributed by atoms with E-state index in [9.17, 15) is 9.59 Å². The van der Waals surface area contributed by atoms with Crippen LogP contribution in [0.1, 0.15) is 19.4 Å². The lowest BCUT2D eigenvalue weighted by Gasteiger charge is -2.15. The fraction of sp³-hybridized carbons (Fsp3) is 0.400. The fourth-order valence-electron chi connectivity index (χ4n) is 2.24. The SMILES string of the molecule is CC1C(=O)N(CCOc2cccc(C(N)=S)c2)C(=O)C1C. The minimum Gasteiger partial charge on any atom is -0.492 e. The van der Waals surface area contributed by atoms with Gasteiger partial charge in [-0.05, 0) is 12.1 Å². The van der Waals surface area contributed by atoms with Gasteiger partial charge in [-0.25, -0.2) is 0 Å². The van der Waals surface area contributed by atoms with Gasteiger partial charge in [0, 0.05) is 17.4 Å². The lowest BCUT2D eigenvalue weighted by atomic mass is 10.00. The van der Waals surface area contributed by atoms with E-state index in [1.807, 2.05) is 0 Å². The summed E-state index contributed by atoms with van der Waals surface area (Å²) >= 11 is 4.90. The number of likely N-dealkylation sites (tertiary alicyclic amines) is 1. The summed E-state index contributed by atoms with van der Waals surface area (Å²) in [5, 5.41) is 0. The van der Waals surface area contributed by atoms with E-state index < -0.39 is 0 Å². The lowest BCUT2D eigenvalue weighted by Crippen LogP contribution is -2.34. The van der Waals surface area contributed by atoms with Crippen molar-refractivity contribution in [2.24, 2.45) is 17.6 Å². The Morgan fingerprint density at radius 2 is 1.90 bits per heavy atom. The van der Waals surface area contributed by atoms with Gasteiger partial charge in [0.15, 0.2) is 0 Å². The van der Waals surface area contributed by atoms with Crippen molar-refractivity contribution >= 4 is 29.0 Å². The topological polar surface area (TPSA) is 72.6 Å². The van der Waals surface area contributed by atoms with Gasteiger partial charge in [0.1, 0.15) is 17.3 Å². The molecule has 112 valence electrons. The Morgan fingerprint density at radius 1 is 1.29 bits per heavy atom. The van der Waals surface area contributed by atoms with Crippen molar-refractivity contribution < 1.29 is 14.3 Å². The maximum atomic E-state index is 11.9. The summed E-state index contributed by atoms with van der Waals surface area (Å²) < 4.78 is 5.56. The molecular weight excluding hydrogens is 288 g/mol. The lowest BCUT2D eigenvalue weighted by molar-refractivity contribution is -0.140. The third-order valence-corrected chi connectivity index (χ3v) is 4.00. The Labute approximate surface area is 129 Å². The van der Waals surface area contributed by atoms with E-state index in [2.05, 4.69) is 0 Å². The van der Waals surface area contributed by atoms with E-state index in [-0.39, 0.29) is 36.8 Å². The molecule has 0 spiro atoms. The van der Waals surface area contributed by atoms with E-state index in [1.165, 1.54) is 4.90 Å². The average molecular weight is 306 g/mol. The molecule has 21 heavy (non-hydrogen) atoms. The number of benzene rings is 1. The third kappa shape index (κ3) is 3.21. The summed E-state index contributed by atoms with van der Waals surface area (Å²) in [6.07, 6.45) is 0. The molecule has 1 aromatic carbocycles. The molecule has 0 saturated carbocycles. The Hall–Kier alpha value is -1.95. The van der Waals surface area contributed by atoms with Crippen LogP contribution in [0, 0.1) is 11.8 Å². The predicted octanol–water partition coefficient (Wildman–Crippen LogP) is 1.34. The number of hydrogen-bond acceptors (Lipinski definition) is 4. The van der Waals surface area contributed by atoms with Gasteiger partial charge in [-0.2, -0.15) is 0 Å². The minimum atomic E-state index is -0.254. The first-order chi connectivity index (χ1) is 9.91. The Balaban J connectivity index is 1.93. The normalized spacial score (nSPS) is 21.7. The molecule has 1 aliphatic rings. The molecular formula is C15H18N2O3S. The standard InChI is InChI=1S/C15H18N2O3S/c1-9-10(2)15(19)17(14(9)18)6-7-20-12-5-3-4-11(8-12)13(16)21/h3-5,8-10H,6-7H2,1-2H3,(H2,16,21). The molecule has 2 N–H and O–H groups in total. The van der Waals surface area contributed by atoms with Crippen LogP contribution in [0.15, 0.2) is 24.3 Å². The van der Waals surface area contributed by atoms with Crippen LogP contribution < -0.4 is 10.5 Å². The number of amides is 2. The van der Waals surface area contributed by atoms with Gasteiger partial charge < -0.3 is 10.5 Å². The number of rotatable bonds is 5. The van der Waals surface area contributed by atoms with E-state index in [0.29, 0.717) is 10.7 Å². The maximum absolute atomic E-state index is 11.9. The molecule has 2 unspecified atom stereocenters. The molecule has 2 rings (SSSR count). The van der Waals surface area contributed by atoms with E-state index in [0.717, 1.165) is 5.56 Å². The summed E-state index contributed by atoms with van der Waals surface area (Å²) in [6.45, 7) is 4.05. The van der Waals surface area contributed by atoms with Crippen molar-refractivity contribution in [2.45, 2.75) is 13.8 Å². The van der Waals surface area contributed by atoms with Crippen molar-refractivity contribution in [2.75, 3.05) is 13.2 Å². The van der Waals surface area contributed by atoms with Crippen LogP contribution in [0.5, 0.6) is 5.75 Å².